The Hall–Kier alpha value is -1.47. The highest BCUT2D eigenvalue weighted by Crippen LogP contribution is 2.10. The topological polar surface area (TPSA) is 62.4 Å². The Labute approximate surface area is 122 Å². The standard InChI is InChI=1S/C12H17N3O2S2/c1-17-10-5-3-9(4-6-10)7-13-12(18)15-14-11(16)8-19-2/h3-6H,7-8H2,1-2H3,(H,14,16)(H2,13,15,18). The number of amides is 1. The smallest absolute Gasteiger partial charge is 0.248 e. The highest BCUT2D eigenvalue weighted by molar-refractivity contribution is 7.99. The van der Waals surface area contributed by atoms with Crippen molar-refractivity contribution in [3.63, 3.8) is 0 Å². The minimum Gasteiger partial charge on any atom is -0.497 e. The fraction of sp³-hybridized carbons (Fsp3) is 0.333. The Balaban J connectivity index is 2.27. The van der Waals surface area contributed by atoms with Gasteiger partial charge in [-0.2, -0.15) is 11.8 Å². The number of thioether (sulfide) groups is 1. The van der Waals surface area contributed by atoms with Crippen molar-refractivity contribution >= 4 is 35.0 Å². The molecule has 0 fully saturated rings. The quantitative estimate of drug-likeness (QED) is 0.558. The highest BCUT2D eigenvalue weighted by atomic mass is 32.2. The molecule has 0 bridgehead atoms. The van der Waals surface area contributed by atoms with Crippen molar-refractivity contribution in [2.24, 2.45) is 0 Å². The molecule has 0 aromatic heterocycles. The zero-order valence-electron chi connectivity index (χ0n) is 10.9. The summed E-state index contributed by atoms with van der Waals surface area (Å²) in [5, 5.41) is 3.37. The molecule has 0 aliphatic rings. The number of carbonyl (C=O) groups excluding carboxylic acids is 1. The summed E-state index contributed by atoms with van der Waals surface area (Å²) in [5.41, 5.74) is 6.22. The Bertz CT molecular complexity index is 423. The van der Waals surface area contributed by atoms with E-state index in [1.54, 1.807) is 7.11 Å². The molecule has 0 unspecified atom stereocenters. The van der Waals surface area contributed by atoms with Crippen LogP contribution in [0.3, 0.4) is 0 Å². The molecule has 0 aliphatic carbocycles. The zero-order chi connectivity index (χ0) is 14.1. The van der Waals surface area contributed by atoms with E-state index in [1.165, 1.54) is 11.8 Å². The molecule has 1 rings (SSSR count). The maximum Gasteiger partial charge on any atom is 0.248 e. The number of hydrogen-bond donors (Lipinski definition) is 3. The van der Waals surface area contributed by atoms with Crippen LogP contribution < -0.4 is 20.9 Å². The van der Waals surface area contributed by atoms with Crippen LogP contribution in [-0.4, -0.2) is 30.1 Å². The summed E-state index contributed by atoms with van der Waals surface area (Å²) in [6, 6.07) is 7.66. The average Bonchev–Trinajstić information content (AvgIpc) is 2.44. The lowest BCUT2D eigenvalue weighted by Crippen LogP contribution is -2.47. The monoisotopic (exact) mass is 299 g/mol. The van der Waals surface area contributed by atoms with E-state index in [2.05, 4.69) is 16.2 Å². The summed E-state index contributed by atoms with van der Waals surface area (Å²) >= 11 is 6.48. The van der Waals surface area contributed by atoms with Crippen LogP contribution in [0, 0.1) is 0 Å². The van der Waals surface area contributed by atoms with Gasteiger partial charge in [0.2, 0.25) is 5.91 Å². The van der Waals surface area contributed by atoms with Crippen LogP contribution in [0.5, 0.6) is 5.75 Å². The summed E-state index contributed by atoms with van der Waals surface area (Å²) in [7, 11) is 1.63. The average molecular weight is 299 g/mol. The molecule has 1 aromatic rings. The van der Waals surface area contributed by atoms with Gasteiger partial charge in [-0.05, 0) is 36.2 Å². The SMILES string of the molecule is COc1ccc(CNC(=S)NNC(=O)CSC)cc1. The molecule has 0 aliphatic heterocycles. The number of methoxy groups -OCH3 is 1. The first kappa shape index (κ1) is 15.6. The lowest BCUT2D eigenvalue weighted by molar-refractivity contribution is -0.119. The van der Waals surface area contributed by atoms with E-state index in [1.807, 2.05) is 30.5 Å². The molecule has 104 valence electrons. The van der Waals surface area contributed by atoms with Crippen LogP contribution in [-0.2, 0) is 11.3 Å². The van der Waals surface area contributed by atoms with E-state index in [4.69, 9.17) is 17.0 Å². The van der Waals surface area contributed by atoms with Crippen molar-refractivity contribution in [1.82, 2.24) is 16.2 Å². The molecule has 3 N–H and O–H groups in total. The molecule has 1 amide bonds. The number of carbonyl (C=O) groups is 1. The first-order valence-electron chi connectivity index (χ1n) is 5.60. The Morgan fingerprint density at radius 3 is 2.58 bits per heavy atom. The summed E-state index contributed by atoms with van der Waals surface area (Å²) < 4.78 is 5.07. The second-order valence-electron chi connectivity index (χ2n) is 3.64. The van der Waals surface area contributed by atoms with Crippen LogP contribution in [0.15, 0.2) is 24.3 Å². The maximum atomic E-state index is 11.2. The van der Waals surface area contributed by atoms with Crippen molar-refractivity contribution < 1.29 is 9.53 Å². The number of nitrogens with one attached hydrogen (secondary N) is 3. The summed E-state index contributed by atoms with van der Waals surface area (Å²) in [5.74, 6) is 1.10. The molecule has 19 heavy (non-hydrogen) atoms. The van der Waals surface area contributed by atoms with Crippen molar-refractivity contribution in [3.05, 3.63) is 29.8 Å². The van der Waals surface area contributed by atoms with Gasteiger partial charge in [0.05, 0.1) is 12.9 Å². The predicted octanol–water partition coefficient (Wildman–Crippen LogP) is 1.05. The van der Waals surface area contributed by atoms with Gasteiger partial charge in [-0.1, -0.05) is 12.1 Å². The van der Waals surface area contributed by atoms with Gasteiger partial charge in [-0.3, -0.25) is 15.6 Å². The number of ether oxygens (including phenoxy) is 1. The van der Waals surface area contributed by atoms with Crippen molar-refractivity contribution in [2.75, 3.05) is 19.1 Å². The number of thiocarbonyl (C=S) groups is 1. The minimum atomic E-state index is -0.110. The van der Waals surface area contributed by atoms with Gasteiger partial charge >= 0.3 is 0 Å². The van der Waals surface area contributed by atoms with E-state index < -0.39 is 0 Å². The van der Waals surface area contributed by atoms with Gasteiger partial charge in [0.15, 0.2) is 5.11 Å². The van der Waals surface area contributed by atoms with Crippen LogP contribution in [0.2, 0.25) is 0 Å². The minimum absolute atomic E-state index is 0.110. The molecule has 7 heteroatoms. The van der Waals surface area contributed by atoms with Crippen LogP contribution in [0.1, 0.15) is 5.56 Å². The summed E-state index contributed by atoms with van der Waals surface area (Å²) in [6.45, 7) is 0.578. The third kappa shape index (κ3) is 6.30. The largest absolute Gasteiger partial charge is 0.497 e. The van der Waals surface area contributed by atoms with Gasteiger partial charge in [0.1, 0.15) is 5.75 Å². The number of hydrogen-bond acceptors (Lipinski definition) is 4. The first-order valence-corrected chi connectivity index (χ1v) is 7.40. The van der Waals surface area contributed by atoms with Crippen LogP contribution >= 0.6 is 24.0 Å². The van der Waals surface area contributed by atoms with Crippen LogP contribution in [0.25, 0.3) is 0 Å². The Kier molecular flexibility index (Phi) is 7.06. The fourth-order valence-corrected chi connectivity index (χ4v) is 1.72. The normalized spacial score (nSPS) is 9.58. The van der Waals surface area contributed by atoms with Crippen molar-refractivity contribution in [2.45, 2.75) is 6.54 Å². The molecule has 0 heterocycles. The molecule has 1 aromatic carbocycles. The lowest BCUT2D eigenvalue weighted by atomic mass is 10.2. The zero-order valence-corrected chi connectivity index (χ0v) is 12.5. The van der Waals surface area contributed by atoms with Crippen molar-refractivity contribution in [1.29, 1.82) is 0 Å². The van der Waals surface area contributed by atoms with Gasteiger partial charge in [0.25, 0.3) is 0 Å². The number of benzene rings is 1. The third-order valence-electron chi connectivity index (χ3n) is 2.20. The van der Waals surface area contributed by atoms with E-state index in [0.29, 0.717) is 17.4 Å². The van der Waals surface area contributed by atoms with Crippen LogP contribution in [0.4, 0.5) is 0 Å². The van der Waals surface area contributed by atoms with E-state index in [0.717, 1.165) is 11.3 Å². The molecule has 0 radical (unpaired) electrons. The molecule has 0 saturated heterocycles. The Morgan fingerprint density at radius 2 is 2.00 bits per heavy atom. The van der Waals surface area contributed by atoms with Gasteiger partial charge < -0.3 is 10.1 Å². The number of rotatable bonds is 5. The molecule has 0 saturated carbocycles. The second kappa shape index (κ2) is 8.60. The lowest BCUT2D eigenvalue weighted by Gasteiger charge is -2.11. The molecule has 5 nitrogen and oxygen atoms in total. The van der Waals surface area contributed by atoms with Crippen molar-refractivity contribution in [3.8, 4) is 5.75 Å². The molecule has 0 atom stereocenters. The van der Waals surface area contributed by atoms with Gasteiger partial charge in [-0.15, -0.1) is 0 Å². The van der Waals surface area contributed by atoms with E-state index in [-0.39, 0.29) is 5.91 Å². The maximum absolute atomic E-state index is 11.2. The summed E-state index contributed by atoms with van der Waals surface area (Å²) in [6.07, 6.45) is 1.86. The second-order valence-corrected chi connectivity index (χ2v) is 4.91. The molecular weight excluding hydrogens is 282 g/mol. The summed E-state index contributed by atoms with van der Waals surface area (Å²) in [4.78, 5) is 11.2. The predicted molar refractivity (Wildman–Crippen MR) is 82.1 cm³/mol. The third-order valence-corrected chi connectivity index (χ3v) is 3.00. The van der Waals surface area contributed by atoms with E-state index >= 15 is 0 Å². The first-order chi connectivity index (χ1) is 9.15. The highest BCUT2D eigenvalue weighted by Gasteiger charge is 2.00. The molecular formula is C12H17N3O2S2. The van der Waals surface area contributed by atoms with Gasteiger partial charge in [-0.25, -0.2) is 0 Å². The fourth-order valence-electron chi connectivity index (χ4n) is 1.26. The Morgan fingerprint density at radius 1 is 1.32 bits per heavy atom. The van der Waals surface area contributed by atoms with E-state index in [9.17, 15) is 4.79 Å². The van der Waals surface area contributed by atoms with Gasteiger partial charge in [0, 0.05) is 6.54 Å². The number of hydrazine groups is 1. The molecule has 0 spiro atoms.